The molecule has 1 fully saturated rings. The van der Waals surface area contributed by atoms with Crippen molar-refractivity contribution in [3.05, 3.63) is 35.4 Å². The molecule has 2 heterocycles. The van der Waals surface area contributed by atoms with Crippen LogP contribution in [0.2, 0.25) is 0 Å². The van der Waals surface area contributed by atoms with Crippen LogP contribution in [-0.2, 0) is 22.6 Å². The molecule has 0 aliphatic carbocycles. The van der Waals surface area contributed by atoms with E-state index in [1.807, 2.05) is 11.0 Å². The second kappa shape index (κ2) is 8.67. The average Bonchev–Trinajstić information content (AvgIpc) is 3.00. The highest BCUT2D eigenvalue weighted by atomic mass is 16.2. The zero-order chi connectivity index (χ0) is 18.5. The summed E-state index contributed by atoms with van der Waals surface area (Å²) in [5.41, 5.74) is 2.65. The Morgan fingerprint density at radius 3 is 2.69 bits per heavy atom. The molecule has 142 valence electrons. The zero-order valence-corrected chi connectivity index (χ0v) is 16.0. The number of carbonyl (C=O) groups is 2. The summed E-state index contributed by atoms with van der Waals surface area (Å²) in [6, 6.07) is 8.64. The van der Waals surface area contributed by atoms with Crippen LogP contribution < -0.4 is 5.32 Å². The third-order valence-corrected chi connectivity index (χ3v) is 5.69. The van der Waals surface area contributed by atoms with Gasteiger partial charge < -0.3 is 15.1 Å². The van der Waals surface area contributed by atoms with E-state index >= 15 is 0 Å². The van der Waals surface area contributed by atoms with Crippen LogP contribution in [0.15, 0.2) is 24.3 Å². The maximum atomic E-state index is 12.7. The number of hydrogen-bond donors (Lipinski definition) is 1. The average molecular weight is 357 g/mol. The second-order valence-electron chi connectivity index (χ2n) is 7.70. The first-order chi connectivity index (χ1) is 12.6. The minimum atomic E-state index is 0.0426. The molecular weight excluding hydrogens is 326 g/mol. The van der Waals surface area contributed by atoms with Gasteiger partial charge in [0.1, 0.15) is 0 Å². The molecule has 1 saturated heterocycles. The summed E-state index contributed by atoms with van der Waals surface area (Å²) in [6.07, 6.45) is 3.77. The van der Waals surface area contributed by atoms with Gasteiger partial charge in [0.15, 0.2) is 0 Å². The van der Waals surface area contributed by atoms with E-state index in [2.05, 4.69) is 35.3 Å². The Labute approximate surface area is 156 Å². The van der Waals surface area contributed by atoms with E-state index < -0.39 is 0 Å². The summed E-state index contributed by atoms with van der Waals surface area (Å²) in [5.74, 6) is 0.788. The summed E-state index contributed by atoms with van der Waals surface area (Å²) in [4.78, 5) is 28.4. The van der Waals surface area contributed by atoms with E-state index in [4.69, 9.17) is 0 Å². The van der Waals surface area contributed by atoms with Crippen molar-refractivity contribution in [3.63, 3.8) is 0 Å². The molecule has 5 heteroatoms. The number of fused-ring (bicyclic) bond motifs is 1. The van der Waals surface area contributed by atoms with E-state index in [1.54, 1.807) is 6.92 Å². The summed E-state index contributed by atoms with van der Waals surface area (Å²) in [7, 11) is 0. The predicted molar refractivity (Wildman–Crippen MR) is 103 cm³/mol. The largest absolute Gasteiger partial charge is 0.352 e. The smallest absolute Gasteiger partial charge is 0.224 e. The second-order valence-corrected chi connectivity index (χ2v) is 7.70. The molecular formula is C21H31N3O2. The number of likely N-dealkylation sites (tertiary alicyclic amines) is 1. The molecule has 3 rings (SSSR count). The first-order valence-corrected chi connectivity index (χ1v) is 9.90. The minimum absolute atomic E-state index is 0.0426. The van der Waals surface area contributed by atoms with Gasteiger partial charge in [-0.15, -0.1) is 0 Å². The van der Waals surface area contributed by atoms with Gasteiger partial charge in [0.25, 0.3) is 0 Å². The fourth-order valence-electron chi connectivity index (χ4n) is 4.35. The van der Waals surface area contributed by atoms with Gasteiger partial charge >= 0.3 is 0 Å². The van der Waals surface area contributed by atoms with Gasteiger partial charge in [0.2, 0.25) is 11.8 Å². The van der Waals surface area contributed by atoms with E-state index in [0.29, 0.717) is 12.3 Å². The molecule has 0 radical (unpaired) electrons. The molecule has 2 amide bonds. The quantitative estimate of drug-likeness (QED) is 0.849. The molecule has 26 heavy (non-hydrogen) atoms. The molecule has 1 aromatic carbocycles. The zero-order valence-electron chi connectivity index (χ0n) is 16.0. The summed E-state index contributed by atoms with van der Waals surface area (Å²) < 4.78 is 0. The van der Waals surface area contributed by atoms with Crippen molar-refractivity contribution < 1.29 is 9.59 Å². The summed E-state index contributed by atoms with van der Waals surface area (Å²) in [6.45, 7) is 7.96. The van der Waals surface area contributed by atoms with Crippen molar-refractivity contribution in [3.8, 4) is 0 Å². The van der Waals surface area contributed by atoms with E-state index in [1.165, 1.54) is 11.1 Å². The molecule has 5 nitrogen and oxygen atoms in total. The van der Waals surface area contributed by atoms with E-state index in [9.17, 15) is 9.59 Å². The minimum Gasteiger partial charge on any atom is -0.352 e. The molecule has 0 aromatic heterocycles. The molecule has 2 aliphatic heterocycles. The highest BCUT2D eigenvalue weighted by molar-refractivity contribution is 5.76. The first kappa shape index (κ1) is 18.9. The Bertz CT molecular complexity index is 646. The Balaban J connectivity index is 1.49. The number of amides is 2. The summed E-state index contributed by atoms with van der Waals surface area (Å²) >= 11 is 0. The van der Waals surface area contributed by atoms with Gasteiger partial charge in [-0.1, -0.05) is 37.6 Å². The first-order valence-electron chi connectivity index (χ1n) is 9.90. The van der Waals surface area contributed by atoms with E-state index in [-0.39, 0.29) is 17.9 Å². The van der Waals surface area contributed by atoms with Crippen LogP contribution in [0, 0.1) is 5.92 Å². The van der Waals surface area contributed by atoms with Crippen molar-refractivity contribution in [2.45, 2.75) is 52.1 Å². The highest BCUT2D eigenvalue weighted by Crippen LogP contribution is 2.23. The predicted octanol–water partition coefficient (Wildman–Crippen LogP) is 2.20. The van der Waals surface area contributed by atoms with Gasteiger partial charge in [0.05, 0.1) is 0 Å². The number of rotatable bonds is 6. The standard InChI is InChI=1S/C21H31N3O2/c1-3-6-19-13-23(15-20(19)22-16(2)25)11-10-21(26)24-12-9-17-7-4-5-8-18(17)14-24/h4-5,7-8,19-20H,3,6,9-15H2,1-2H3,(H,22,25)/t19-,20-/m1/s1. The molecule has 2 atom stereocenters. The van der Waals surface area contributed by atoms with Gasteiger partial charge in [0, 0.05) is 52.1 Å². The summed E-state index contributed by atoms with van der Waals surface area (Å²) in [5, 5.41) is 3.09. The number of carbonyl (C=O) groups excluding carboxylic acids is 2. The highest BCUT2D eigenvalue weighted by Gasteiger charge is 2.32. The molecule has 1 N–H and O–H groups in total. The van der Waals surface area contributed by atoms with Crippen molar-refractivity contribution >= 4 is 11.8 Å². The maximum Gasteiger partial charge on any atom is 0.224 e. The van der Waals surface area contributed by atoms with Crippen molar-refractivity contribution in [1.82, 2.24) is 15.1 Å². The topological polar surface area (TPSA) is 52.7 Å². The maximum absolute atomic E-state index is 12.7. The molecule has 1 aromatic rings. The van der Waals surface area contributed by atoms with Crippen LogP contribution in [0.25, 0.3) is 0 Å². The van der Waals surface area contributed by atoms with Crippen LogP contribution in [0.1, 0.15) is 44.2 Å². The lowest BCUT2D eigenvalue weighted by molar-refractivity contribution is -0.132. The van der Waals surface area contributed by atoms with Crippen LogP contribution in [0.5, 0.6) is 0 Å². The SMILES string of the molecule is CCC[C@@H]1CN(CCC(=O)N2CCc3ccccc3C2)C[C@H]1NC(C)=O. The molecule has 0 spiro atoms. The number of nitrogens with zero attached hydrogens (tertiary/aromatic N) is 2. The van der Waals surface area contributed by atoms with Crippen LogP contribution in [0.3, 0.4) is 0 Å². The Morgan fingerprint density at radius 1 is 1.19 bits per heavy atom. The Hall–Kier alpha value is -1.88. The third-order valence-electron chi connectivity index (χ3n) is 5.69. The number of benzene rings is 1. The Morgan fingerprint density at radius 2 is 1.96 bits per heavy atom. The van der Waals surface area contributed by atoms with Gasteiger partial charge in [-0.2, -0.15) is 0 Å². The van der Waals surface area contributed by atoms with E-state index in [0.717, 1.165) is 52.0 Å². The monoisotopic (exact) mass is 357 g/mol. The number of hydrogen-bond acceptors (Lipinski definition) is 3. The van der Waals surface area contributed by atoms with Crippen LogP contribution in [0.4, 0.5) is 0 Å². The van der Waals surface area contributed by atoms with Crippen molar-refractivity contribution in [2.24, 2.45) is 5.92 Å². The van der Waals surface area contributed by atoms with Gasteiger partial charge in [-0.25, -0.2) is 0 Å². The third kappa shape index (κ3) is 4.64. The van der Waals surface area contributed by atoms with Crippen molar-refractivity contribution in [2.75, 3.05) is 26.2 Å². The normalized spacial score (nSPS) is 22.9. The molecule has 0 saturated carbocycles. The number of nitrogens with one attached hydrogen (secondary N) is 1. The van der Waals surface area contributed by atoms with Crippen LogP contribution >= 0.6 is 0 Å². The lowest BCUT2D eigenvalue weighted by Crippen LogP contribution is -2.40. The Kier molecular flexibility index (Phi) is 6.30. The fraction of sp³-hybridized carbons (Fsp3) is 0.619. The molecule has 0 bridgehead atoms. The van der Waals surface area contributed by atoms with Crippen molar-refractivity contribution in [1.29, 1.82) is 0 Å². The molecule has 0 unspecified atom stereocenters. The molecule has 2 aliphatic rings. The van der Waals surface area contributed by atoms with Gasteiger partial charge in [-0.3, -0.25) is 9.59 Å². The lowest BCUT2D eigenvalue weighted by atomic mass is 9.98. The van der Waals surface area contributed by atoms with Crippen LogP contribution in [-0.4, -0.2) is 53.8 Å². The lowest BCUT2D eigenvalue weighted by Gasteiger charge is -2.29. The van der Waals surface area contributed by atoms with Gasteiger partial charge in [-0.05, 0) is 29.9 Å². The fourth-order valence-corrected chi connectivity index (χ4v) is 4.35.